The second kappa shape index (κ2) is 12.7. The first-order chi connectivity index (χ1) is 23.7. The molecule has 2 heteroatoms. The zero-order chi connectivity index (χ0) is 35.9. The SMILES string of the molecule is Cc1cc2cc3c(C#C[Si](C(C)C)(C(C)C)C4CC4)c4cc5cc(C)c(C)cc5cc4c(C#C[Si](C(C)C)(C(C)C)C4CC4)c3cc2cc1C. The van der Waals surface area contributed by atoms with Gasteiger partial charge in [-0.1, -0.05) is 117 Å². The van der Waals surface area contributed by atoms with Crippen molar-refractivity contribution in [2.45, 2.75) is 142 Å². The van der Waals surface area contributed by atoms with Crippen LogP contribution in [0.4, 0.5) is 0 Å². The first-order valence-corrected chi connectivity index (χ1v) is 24.1. The smallest absolute Gasteiger partial charge is 0.125 e. The van der Waals surface area contributed by atoms with Gasteiger partial charge in [-0.05, 0) is 151 Å². The molecule has 2 aliphatic carbocycles. The lowest BCUT2D eigenvalue weighted by atomic mass is 9.88. The summed E-state index contributed by atoms with van der Waals surface area (Å²) in [6.07, 6.45) is 5.44. The highest BCUT2D eigenvalue weighted by atomic mass is 28.3. The lowest BCUT2D eigenvalue weighted by Gasteiger charge is -2.34. The Balaban J connectivity index is 1.67. The zero-order valence-corrected chi connectivity index (χ0v) is 34.9. The molecule has 0 bridgehead atoms. The molecular formula is C48H58Si2. The Kier molecular flexibility index (Phi) is 8.94. The van der Waals surface area contributed by atoms with E-state index >= 15 is 0 Å². The number of aryl methyl sites for hydroxylation is 4. The van der Waals surface area contributed by atoms with Crippen molar-refractivity contribution in [3.63, 3.8) is 0 Å². The fourth-order valence-corrected chi connectivity index (χ4v) is 20.9. The Bertz CT molecular complexity index is 2000. The lowest BCUT2D eigenvalue weighted by Crippen LogP contribution is -2.40. The van der Waals surface area contributed by atoms with Gasteiger partial charge in [-0.3, -0.25) is 0 Å². The molecule has 2 saturated carbocycles. The van der Waals surface area contributed by atoms with Crippen molar-refractivity contribution in [3.8, 4) is 22.9 Å². The second-order valence-electron chi connectivity index (χ2n) is 17.6. The van der Waals surface area contributed by atoms with Gasteiger partial charge in [-0.2, -0.15) is 0 Å². The quantitative estimate of drug-likeness (QED) is 0.0945. The van der Waals surface area contributed by atoms with E-state index in [1.54, 1.807) is 0 Å². The summed E-state index contributed by atoms with van der Waals surface area (Å²) in [5.41, 5.74) is 20.4. The number of fused-ring (bicyclic) bond motifs is 4. The van der Waals surface area contributed by atoms with Crippen molar-refractivity contribution in [2.24, 2.45) is 0 Å². The van der Waals surface area contributed by atoms with E-state index in [2.05, 4.69) is 155 Å². The Morgan fingerprint density at radius 3 is 0.860 bits per heavy atom. The van der Waals surface area contributed by atoms with Crippen molar-refractivity contribution < 1.29 is 0 Å². The van der Waals surface area contributed by atoms with E-state index < -0.39 is 16.1 Å². The van der Waals surface area contributed by atoms with Gasteiger partial charge in [0, 0.05) is 11.1 Å². The summed E-state index contributed by atoms with van der Waals surface area (Å²) in [6, 6.07) is 19.4. The van der Waals surface area contributed by atoms with E-state index in [0.717, 1.165) is 11.1 Å². The highest BCUT2D eigenvalue weighted by Gasteiger charge is 2.52. The maximum atomic E-state index is 4.22. The van der Waals surface area contributed by atoms with Gasteiger partial charge in [0.05, 0.1) is 0 Å². The highest BCUT2D eigenvalue weighted by molar-refractivity contribution is 6.92. The van der Waals surface area contributed by atoms with Crippen molar-refractivity contribution >= 4 is 59.2 Å². The molecule has 7 rings (SSSR count). The molecule has 0 N–H and O–H groups in total. The minimum absolute atomic E-state index is 0.635. The molecule has 0 atom stereocenters. The third kappa shape index (κ3) is 5.67. The van der Waals surface area contributed by atoms with E-state index in [9.17, 15) is 0 Å². The fraction of sp³-hybridized carbons (Fsp3) is 0.458. The first-order valence-electron chi connectivity index (χ1n) is 19.6. The van der Waals surface area contributed by atoms with Crippen molar-refractivity contribution in [1.29, 1.82) is 0 Å². The Hall–Kier alpha value is -3.31. The predicted molar refractivity (Wildman–Crippen MR) is 227 cm³/mol. The molecule has 2 aliphatic rings. The monoisotopic (exact) mass is 690 g/mol. The average Bonchev–Trinajstić information content (AvgIpc) is 3.97. The molecule has 2 fully saturated rings. The van der Waals surface area contributed by atoms with Gasteiger partial charge in [-0.15, -0.1) is 11.1 Å². The van der Waals surface area contributed by atoms with Gasteiger partial charge < -0.3 is 0 Å². The van der Waals surface area contributed by atoms with Crippen molar-refractivity contribution in [3.05, 3.63) is 81.9 Å². The summed E-state index contributed by atoms with van der Waals surface area (Å²) in [4.78, 5) is 0. The van der Waals surface area contributed by atoms with Crippen LogP contribution in [0, 0.1) is 50.6 Å². The van der Waals surface area contributed by atoms with E-state index in [4.69, 9.17) is 0 Å². The van der Waals surface area contributed by atoms with Gasteiger partial charge in [0.1, 0.15) is 16.1 Å². The van der Waals surface area contributed by atoms with Crippen molar-refractivity contribution in [1.82, 2.24) is 0 Å². The van der Waals surface area contributed by atoms with E-state index in [-0.39, 0.29) is 0 Å². The summed E-state index contributed by atoms with van der Waals surface area (Å²) < 4.78 is 0. The third-order valence-electron chi connectivity index (χ3n) is 13.4. The molecule has 50 heavy (non-hydrogen) atoms. The number of hydrogen-bond donors (Lipinski definition) is 0. The van der Waals surface area contributed by atoms with Gasteiger partial charge in [-0.25, -0.2) is 0 Å². The second-order valence-corrected chi connectivity index (χ2v) is 28.1. The molecule has 0 radical (unpaired) electrons. The number of hydrogen-bond acceptors (Lipinski definition) is 0. The van der Waals surface area contributed by atoms with E-state index in [1.807, 2.05) is 0 Å². The van der Waals surface area contributed by atoms with Crippen LogP contribution in [0.3, 0.4) is 0 Å². The lowest BCUT2D eigenvalue weighted by molar-refractivity contribution is 0.891. The molecule has 0 amide bonds. The van der Waals surface area contributed by atoms with E-state index in [1.165, 1.54) is 102 Å². The molecule has 5 aromatic rings. The van der Waals surface area contributed by atoms with E-state index in [0.29, 0.717) is 22.2 Å². The average molecular weight is 691 g/mol. The van der Waals surface area contributed by atoms with Gasteiger partial charge in [0.2, 0.25) is 0 Å². The fourth-order valence-electron chi connectivity index (χ4n) is 10.0. The summed E-state index contributed by atoms with van der Waals surface area (Å²) in [5, 5.41) is 10.4. The summed E-state index contributed by atoms with van der Waals surface area (Å²) in [5.74, 6) is 8.15. The van der Waals surface area contributed by atoms with Crippen LogP contribution in [0.15, 0.2) is 48.5 Å². The molecule has 0 aromatic heterocycles. The molecular weight excluding hydrogens is 633 g/mol. The molecule has 0 aliphatic heterocycles. The van der Waals surface area contributed by atoms with Crippen LogP contribution in [0.2, 0.25) is 33.2 Å². The number of rotatable bonds is 6. The molecule has 5 aromatic carbocycles. The Morgan fingerprint density at radius 2 is 0.660 bits per heavy atom. The number of benzene rings is 5. The topological polar surface area (TPSA) is 0 Å². The van der Waals surface area contributed by atoms with Crippen LogP contribution in [0.5, 0.6) is 0 Å². The minimum atomic E-state index is -1.88. The summed E-state index contributed by atoms with van der Waals surface area (Å²) in [7, 11) is -3.76. The predicted octanol–water partition coefficient (Wildman–Crippen LogP) is 14.2. The molecule has 0 spiro atoms. The molecule has 0 heterocycles. The third-order valence-corrected chi connectivity index (χ3v) is 26.0. The Morgan fingerprint density at radius 1 is 0.420 bits per heavy atom. The highest BCUT2D eigenvalue weighted by Crippen LogP contribution is 2.55. The van der Waals surface area contributed by atoms with Crippen LogP contribution in [0.25, 0.3) is 43.1 Å². The molecule has 0 unspecified atom stereocenters. The normalized spacial score (nSPS) is 15.5. The largest absolute Gasteiger partial charge is 0.147 e. The standard InChI is InChI=1S/C48H58Si2/c1-29(2)49(30(3)4,41-13-14-41)19-17-43-45-25-37-21-33(9)35(11)23-39(37)27-47(45)44(18-20-50(31(5)6,32(7)8)42-15-16-42)48-28-40-24-36(12)34(10)22-38(40)26-46(43)48/h21-32,41-42H,13-16H2,1-12H3. The van der Waals surface area contributed by atoms with Gasteiger partial charge in [0.25, 0.3) is 0 Å². The van der Waals surface area contributed by atoms with Crippen LogP contribution in [-0.2, 0) is 0 Å². The van der Waals surface area contributed by atoms with Gasteiger partial charge >= 0.3 is 0 Å². The first kappa shape index (κ1) is 35.1. The van der Waals surface area contributed by atoms with Crippen molar-refractivity contribution in [2.75, 3.05) is 0 Å². The zero-order valence-electron chi connectivity index (χ0n) is 32.9. The van der Waals surface area contributed by atoms with Crippen LogP contribution in [0.1, 0.15) is 114 Å². The summed E-state index contributed by atoms with van der Waals surface area (Å²) >= 11 is 0. The van der Waals surface area contributed by atoms with Crippen LogP contribution < -0.4 is 0 Å². The molecule has 0 nitrogen and oxygen atoms in total. The maximum absolute atomic E-state index is 4.22. The molecule has 258 valence electrons. The minimum Gasteiger partial charge on any atom is -0.125 e. The maximum Gasteiger partial charge on any atom is 0.147 e. The van der Waals surface area contributed by atoms with Crippen LogP contribution in [-0.4, -0.2) is 16.1 Å². The molecule has 0 saturated heterocycles. The summed E-state index contributed by atoms with van der Waals surface area (Å²) in [6.45, 7) is 28.7. The Labute approximate surface area is 304 Å². The van der Waals surface area contributed by atoms with Gasteiger partial charge in [0.15, 0.2) is 0 Å². The van der Waals surface area contributed by atoms with Crippen LogP contribution >= 0.6 is 0 Å².